The molecule has 0 radical (unpaired) electrons. The zero-order valence-corrected chi connectivity index (χ0v) is 9.17. The summed E-state index contributed by atoms with van der Waals surface area (Å²) in [6.45, 7) is 6.57. The van der Waals surface area contributed by atoms with Crippen LogP contribution in [0.15, 0.2) is 17.1 Å². The smallest absolute Gasteiger partial charge is 0.0512 e. The van der Waals surface area contributed by atoms with E-state index < -0.39 is 0 Å². The normalized spacial score (nSPS) is 19.5. The summed E-state index contributed by atoms with van der Waals surface area (Å²) >= 11 is 0. The zero-order valence-electron chi connectivity index (χ0n) is 9.17. The number of hydrogen-bond donors (Lipinski definition) is 0. The summed E-state index contributed by atoms with van der Waals surface area (Å²) in [5, 5.41) is 0. The minimum atomic E-state index is 0.454. The Bertz CT molecular complexity index is 377. The van der Waals surface area contributed by atoms with Gasteiger partial charge in [-0.15, -0.1) is 0 Å². The van der Waals surface area contributed by atoms with E-state index in [-0.39, 0.29) is 0 Å². The number of rotatable bonds is 1. The lowest BCUT2D eigenvalue weighted by molar-refractivity contribution is 0.731. The van der Waals surface area contributed by atoms with Crippen molar-refractivity contribution in [3.63, 3.8) is 0 Å². The fraction of sp³-hybridized carbons (Fsp3) is 0.462. The van der Waals surface area contributed by atoms with Crippen LogP contribution in [0.1, 0.15) is 36.1 Å². The van der Waals surface area contributed by atoms with Crippen LogP contribution in [-0.2, 0) is 12.8 Å². The summed E-state index contributed by atoms with van der Waals surface area (Å²) in [5.74, 6) is 0. The van der Waals surface area contributed by atoms with Gasteiger partial charge in [0, 0.05) is 6.21 Å². The molecule has 14 heavy (non-hydrogen) atoms. The maximum Gasteiger partial charge on any atom is 0.0512 e. The summed E-state index contributed by atoms with van der Waals surface area (Å²) in [4.78, 5) is 4.44. The summed E-state index contributed by atoms with van der Waals surface area (Å²) < 4.78 is 0. The van der Waals surface area contributed by atoms with Crippen LogP contribution in [0.4, 0.5) is 0 Å². The van der Waals surface area contributed by atoms with Gasteiger partial charge in [-0.2, -0.15) is 0 Å². The maximum atomic E-state index is 4.44. The molecule has 0 saturated carbocycles. The van der Waals surface area contributed by atoms with Gasteiger partial charge < -0.3 is 0 Å². The third-order valence-electron chi connectivity index (χ3n) is 2.96. The third kappa shape index (κ3) is 1.59. The molecule has 74 valence electrons. The molecule has 0 N–H and O–H groups in total. The van der Waals surface area contributed by atoms with E-state index in [1.165, 1.54) is 22.3 Å². The van der Waals surface area contributed by atoms with Crippen LogP contribution >= 0.6 is 0 Å². The number of benzene rings is 1. The Morgan fingerprint density at radius 2 is 2.21 bits per heavy atom. The summed E-state index contributed by atoms with van der Waals surface area (Å²) in [6, 6.07) is 5.07. The lowest BCUT2D eigenvalue weighted by Gasteiger charge is -2.17. The number of fused-ring (bicyclic) bond motifs is 1. The SMILES string of the molecule is CCc1cc2c(cc1C)C=NC(C)C2. The van der Waals surface area contributed by atoms with Crippen molar-refractivity contribution in [3.05, 3.63) is 34.4 Å². The Morgan fingerprint density at radius 1 is 1.43 bits per heavy atom. The van der Waals surface area contributed by atoms with Crippen molar-refractivity contribution in [2.24, 2.45) is 4.99 Å². The van der Waals surface area contributed by atoms with Crippen molar-refractivity contribution >= 4 is 6.21 Å². The number of aryl methyl sites for hydroxylation is 2. The average molecular weight is 187 g/mol. The van der Waals surface area contributed by atoms with Gasteiger partial charge in [-0.25, -0.2) is 0 Å². The molecule has 1 aliphatic heterocycles. The van der Waals surface area contributed by atoms with Gasteiger partial charge in [0.25, 0.3) is 0 Å². The summed E-state index contributed by atoms with van der Waals surface area (Å²) in [7, 11) is 0. The minimum absolute atomic E-state index is 0.454. The molecule has 0 aromatic heterocycles. The first kappa shape index (κ1) is 9.45. The average Bonchev–Trinajstić information content (AvgIpc) is 2.17. The molecule has 2 rings (SSSR count). The van der Waals surface area contributed by atoms with Crippen LogP contribution in [0.3, 0.4) is 0 Å². The van der Waals surface area contributed by atoms with E-state index in [4.69, 9.17) is 0 Å². The number of aliphatic imine (C=N–C) groups is 1. The molecular formula is C13H17N. The second kappa shape index (κ2) is 3.56. The van der Waals surface area contributed by atoms with Crippen molar-refractivity contribution in [3.8, 4) is 0 Å². The highest BCUT2D eigenvalue weighted by Crippen LogP contribution is 2.21. The molecule has 1 atom stereocenters. The van der Waals surface area contributed by atoms with Gasteiger partial charge in [0.1, 0.15) is 0 Å². The summed E-state index contributed by atoms with van der Waals surface area (Å²) in [6.07, 6.45) is 4.25. The monoisotopic (exact) mass is 187 g/mol. The second-order valence-electron chi connectivity index (χ2n) is 4.16. The highest BCUT2D eigenvalue weighted by atomic mass is 14.8. The molecule has 1 nitrogen and oxygen atoms in total. The van der Waals surface area contributed by atoms with Crippen LogP contribution in [-0.4, -0.2) is 12.3 Å². The first-order chi connectivity index (χ1) is 6.70. The summed E-state index contributed by atoms with van der Waals surface area (Å²) in [5.41, 5.74) is 5.66. The molecule has 0 amide bonds. The third-order valence-corrected chi connectivity index (χ3v) is 2.96. The minimum Gasteiger partial charge on any atom is -0.289 e. The van der Waals surface area contributed by atoms with Gasteiger partial charge in [0.15, 0.2) is 0 Å². The van der Waals surface area contributed by atoms with E-state index in [9.17, 15) is 0 Å². The topological polar surface area (TPSA) is 12.4 Å². The molecule has 0 fully saturated rings. The van der Waals surface area contributed by atoms with E-state index >= 15 is 0 Å². The fourth-order valence-electron chi connectivity index (χ4n) is 2.08. The molecule has 1 aliphatic rings. The van der Waals surface area contributed by atoms with Gasteiger partial charge in [-0.3, -0.25) is 4.99 Å². The number of nitrogens with zero attached hydrogens (tertiary/aromatic N) is 1. The predicted octanol–water partition coefficient (Wildman–Crippen LogP) is 2.92. The van der Waals surface area contributed by atoms with Crippen molar-refractivity contribution in [1.82, 2.24) is 0 Å². The van der Waals surface area contributed by atoms with Crippen LogP contribution in [0.5, 0.6) is 0 Å². The molecule has 0 saturated heterocycles. The first-order valence-electron chi connectivity index (χ1n) is 5.36. The van der Waals surface area contributed by atoms with Gasteiger partial charge >= 0.3 is 0 Å². The lowest BCUT2D eigenvalue weighted by Crippen LogP contribution is -2.12. The van der Waals surface area contributed by atoms with E-state index in [2.05, 4.69) is 37.9 Å². The van der Waals surface area contributed by atoms with E-state index in [0.717, 1.165) is 12.8 Å². The van der Waals surface area contributed by atoms with Gasteiger partial charge in [-0.05, 0) is 55.0 Å². The quantitative estimate of drug-likeness (QED) is 0.641. The van der Waals surface area contributed by atoms with Crippen LogP contribution in [0.25, 0.3) is 0 Å². The molecule has 1 unspecified atom stereocenters. The molecule has 0 spiro atoms. The standard InChI is InChI=1S/C13H17N/c1-4-11-7-12-6-10(3)14-8-13(12)5-9(11)2/h5,7-8,10H,4,6H2,1-3H3. The van der Waals surface area contributed by atoms with Crippen molar-refractivity contribution in [2.45, 2.75) is 39.7 Å². The first-order valence-corrected chi connectivity index (χ1v) is 5.36. The molecule has 1 aromatic carbocycles. The van der Waals surface area contributed by atoms with Crippen LogP contribution < -0.4 is 0 Å². The van der Waals surface area contributed by atoms with Crippen molar-refractivity contribution < 1.29 is 0 Å². The van der Waals surface area contributed by atoms with Crippen molar-refractivity contribution in [2.75, 3.05) is 0 Å². The molecule has 1 heteroatoms. The van der Waals surface area contributed by atoms with Gasteiger partial charge in [0.05, 0.1) is 6.04 Å². The molecule has 0 aliphatic carbocycles. The zero-order chi connectivity index (χ0) is 10.1. The van der Waals surface area contributed by atoms with E-state index in [1.807, 2.05) is 6.21 Å². The molecular weight excluding hydrogens is 170 g/mol. The lowest BCUT2D eigenvalue weighted by atomic mass is 9.93. The maximum absolute atomic E-state index is 4.44. The predicted molar refractivity (Wildman–Crippen MR) is 61.3 cm³/mol. The van der Waals surface area contributed by atoms with Gasteiger partial charge in [-0.1, -0.05) is 13.0 Å². The van der Waals surface area contributed by atoms with Gasteiger partial charge in [0.2, 0.25) is 0 Å². The fourth-order valence-corrected chi connectivity index (χ4v) is 2.08. The highest BCUT2D eigenvalue weighted by Gasteiger charge is 2.12. The van der Waals surface area contributed by atoms with Crippen LogP contribution in [0, 0.1) is 6.92 Å². The number of hydrogen-bond acceptors (Lipinski definition) is 1. The molecule has 1 aromatic rings. The van der Waals surface area contributed by atoms with E-state index in [0.29, 0.717) is 6.04 Å². The largest absolute Gasteiger partial charge is 0.289 e. The Morgan fingerprint density at radius 3 is 2.93 bits per heavy atom. The molecule has 1 heterocycles. The highest BCUT2D eigenvalue weighted by molar-refractivity contribution is 5.83. The Hall–Kier alpha value is -1.11. The second-order valence-corrected chi connectivity index (χ2v) is 4.16. The molecule has 0 bridgehead atoms. The Kier molecular flexibility index (Phi) is 2.40. The van der Waals surface area contributed by atoms with E-state index in [1.54, 1.807) is 0 Å². The Labute approximate surface area is 85.9 Å². The van der Waals surface area contributed by atoms with Crippen LogP contribution in [0.2, 0.25) is 0 Å². The van der Waals surface area contributed by atoms with Crippen molar-refractivity contribution in [1.29, 1.82) is 0 Å². The Balaban J connectivity index is 2.48.